The Labute approximate surface area is 284 Å². The van der Waals surface area contributed by atoms with Crippen molar-refractivity contribution in [2.24, 2.45) is 17.8 Å². The van der Waals surface area contributed by atoms with Gasteiger partial charge in [0.25, 0.3) is 0 Å². The van der Waals surface area contributed by atoms with Crippen LogP contribution in [0, 0.1) is 17.8 Å². The minimum Gasteiger partial charge on any atom is -0.469 e. The van der Waals surface area contributed by atoms with Gasteiger partial charge < -0.3 is 41.2 Å². The van der Waals surface area contributed by atoms with Gasteiger partial charge in [-0.15, -0.1) is 0 Å². The Bertz CT molecular complexity index is 1030. The second kappa shape index (κ2) is 21.7. The molecule has 0 spiro atoms. The fraction of sp³-hybridized carbons (Fsp3) is 0.812. The molecule has 0 fully saturated rings. The zero-order valence-electron chi connectivity index (χ0n) is 30.0. The third-order valence-electron chi connectivity index (χ3n) is 6.90. The monoisotopic (exact) mass is 689 g/mol. The molecule has 0 heterocycles. The van der Waals surface area contributed by atoms with Crippen molar-refractivity contribution in [2.45, 2.75) is 124 Å². The Morgan fingerprint density at radius 1 is 0.809 bits per heavy atom. The molecule has 0 aliphatic heterocycles. The number of esters is 1. The van der Waals surface area contributed by atoms with Crippen LogP contribution in [0.2, 0.25) is 0 Å². The summed E-state index contributed by atoms with van der Waals surface area (Å²) in [6.45, 7) is 16.0. The van der Waals surface area contributed by atoms with E-state index in [1.165, 1.54) is 18.9 Å². The summed E-state index contributed by atoms with van der Waals surface area (Å²) in [6.07, 6.45) is 0.00690. The van der Waals surface area contributed by atoms with Crippen LogP contribution in [0.1, 0.15) is 88.0 Å². The second-order valence-electron chi connectivity index (χ2n) is 13.6. The highest BCUT2D eigenvalue weighted by Crippen LogP contribution is 2.14. The van der Waals surface area contributed by atoms with Crippen molar-refractivity contribution in [1.82, 2.24) is 26.6 Å². The van der Waals surface area contributed by atoms with Gasteiger partial charge in [0.05, 0.1) is 32.1 Å². The van der Waals surface area contributed by atoms with Crippen LogP contribution in [0.3, 0.4) is 0 Å². The number of ether oxygens (including phenoxy) is 2. The lowest BCUT2D eigenvalue weighted by molar-refractivity contribution is -0.140. The van der Waals surface area contributed by atoms with Gasteiger partial charge in [-0.3, -0.25) is 24.0 Å². The van der Waals surface area contributed by atoms with Crippen LogP contribution in [-0.2, 0) is 33.4 Å². The van der Waals surface area contributed by atoms with Crippen molar-refractivity contribution in [3.05, 3.63) is 0 Å². The maximum Gasteiger partial charge on any atom is 0.408 e. The fourth-order valence-electron chi connectivity index (χ4n) is 4.44. The van der Waals surface area contributed by atoms with Gasteiger partial charge >= 0.3 is 12.1 Å². The van der Waals surface area contributed by atoms with Crippen molar-refractivity contribution >= 4 is 47.5 Å². The maximum absolute atomic E-state index is 13.6. The second-order valence-corrected chi connectivity index (χ2v) is 14.6. The lowest BCUT2D eigenvalue weighted by Crippen LogP contribution is -2.58. The van der Waals surface area contributed by atoms with Crippen LogP contribution in [0.4, 0.5) is 4.79 Å². The predicted octanol–water partition coefficient (Wildman–Crippen LogP) is 1.88. The molecule has 0 bridgehead atoms. The molecular weight excluding hydrogens is 630 g/mol. The summed E-state index contributed by atoms with van der Waals surface area (Å²) >= 11 is 1.49. The summed E-state index contributed by atoms with van der Waals surface area (Å²) in [4.78, 5) is 76.3. The molecule has 272 valence electrons. The molecule has 0 aliphatic rings. The smallest absolute Gasteiger partial charge is 0.408 e. The summed E-state index contributed by atoms with van der Waals surface area (Å²) < 4.78 is 9.87. The summed E-state index contributed by atoms with van der Waals surface area (Å²) in [5.74, 6) is -2.68. The lowest BCUT2D eigenvalue weighted by Gasteiger charge is -2.30. The van der Waals surface area contributed by atoms with Crippen LogP contribution in [-0.4, -0.2) is 102 Å². The van der Waals surface area contributed by atoms with Gasteiger partial charge in [0.1, 0.15) is 23.7 Å². The standard InChI is InChI=1S/C32H59N5O9S/c1-18(2)16-22(23(38)17-24(39)36-26(19(3)4)29(42)33-14-12-25(40)45-10)35-28(41)21(13-15-47-11)34-30(43)27(20(5)6)37-31(44)46-32(7,8)9/h18-23,26-27,38H,12-17H2,1-11H3,(H,33,42)(H,34,43)(H,35,41)(H,36,39)(H,37,44). The molecule has 0 saturated carbocycles. The lowest BCUT2D eigenvalue weighted by atomic mass is 9.96. The molecule has 47 heavy (non-hydrogen) atoms. The zero-order valence-corrected chi connectivity index (χ0v) is 30.8. The van der Waals surface area contributed by atoms with Gasteiger partial charge in [-0.2, -0.15) is 11.8 Å². The number of aliphatic hydroxyl groups is 1. The van der Waals surface area contributed by atoms with E-state index < -0.39 is 78.0 Å². The quantitative estimate of drug-likeness (QED) is 0.103. The molecule has 0 radical (unpaired) electrons. The number of alkyl carbamates (subject to hydrolysis) is 1. The average molecular weight is 690 g/mol. The van der Waals surface area contributed by atoms with Gasteiger partial charge in [0.2, 0.25) is 23.6 Å². The first-order valence-corrected chi connectivity index (χ1v) is 17.5. The topological polar surface area (TPSA) is 201 Å². The molecule has 5 unspecified atom stereocenters. The zero-order chi connectivity index (χ0) is 36.5. The number of aliphatic hydroxyl groups excluding tert-OH is 1. The van der Waals surface area contributed by atoms with Crippen LogP contribution in [0.5, 0.6) is 0 Å². The van der Waals surface area contributed by atoms with E-state index in [9.17, 15) is 33.9 Å². The van der Waals surface area contributed by atoms with Gasteiger partial charge in [0, 0.05) is 6.54 Å². The van der Waals surface area contributed by atoms with Gasteiger partial charge in [-0.25, -0.2) is 4.79 Å². The van der Waals surface area contributed by atoms with Crippen molar-refractivity contribution in [2.75, 3.05) is 25.7 Å². The fourth-order valence-corrected chi connectivity index (χ4v) is 4.91. The minimum absolute atomic E-state index is 0.0208. The van der Waals surface area contributed by atoms with E-state index in [1.54, 1.807) is 48.5 Å². The molecule has 5 atom stereocenters. The number of hydrogen-bond donors (Lipinski definition) is 6. The number of carbonyl (C=O) groups excluding carboxylic acids is 6. The SMILES string of the molecule is COC(=O)CCNC(=O)C(NC(=O)CC(O)C(CC(C)C)NC(=O)C(CCSC)NC(=O)C(NC(=O)OC(C)(C)C)C(C)C)C(C)C. The van der Waals surface area contributed by atoms with Crippen molar-refractivity contribution in [3.63, 3.8) is 0 Å². The third kappa shape index (κ3) is 18.8. The summed E-state index contributed by atoms with van der Waals surface area (Å²) in [5.41, 5.74) is -0.764. The third-order valence-corrected chi connectivity index (χ3v) is 7.54. The molecule has 6 N–H and O–H groups in total. The molecule has 15 heteroatoms. The maximum atomic E-state index is 13.6. The number of nitrogens with one attached hydrogen (secondary N) is 5. The highest BCUT2D eigenvalue weighted by Gasteiger charge is 2.33. The van der Waals surface area contributed by atoms with E-state index in [4.69, 9.17) is 4.74 Å². The Morgan fingerprint density at radius 2 is 1.38 bits per heavy atom. The Hall–Kier alpha value is -3.07. The Kier molecular flexibility index (Phi) is 20.3. The number of thioether (sulfide) groups is 1. The number of hydrogen-bond acceptors (Lipinski definition) is 10. The van der Waals surface area contributed by atoms with Crippen molar-refractivity contribution < 1.29 is 43.3 Å². The van der Waals surface area contributed by atoms with Crippen LogP contribution < -0.4 is 26.6 Å². The molecular formula is C32H59N5O9S. The van der Waals surface area contributed by atoms with Gasteiger partial charge in [0.15, 0.2) is 0 Å². The molecule has 0 rings (SSSR count). The number of methoxy groups -OCH3 is 1. The molecule has 0 aromatic carbocycles. The molecule has 14 nitrogen and oxygen atoms in total. The minimum atomic E-state index is -1.30. The Balaban J connectivity index is 5.70. The molecule has 0 aromatic heterocycles. The first-order valence-electron chi connectivity index (χ1n) is 16.1. The number of amides is 5. The predicted molar refractivity (Wildman–Crippen MR) is 181 cm³/mol. The average Bonchev–Trinajstić information content (AvgIpc) is 2.94. The number of rotatable bonds is 20. The van der Waals surface area contributed by atoms with E-state index in [0.29, 0.717) is 12.2 Å². The van der Waals surface area contributed by atoms with E-state index >= 15 is 0 Å². The van der Waals surface area contributed by atoms with E-state index in [1.807, 2.05) is 20.1 Å². The summed E-state index contributed by atoms with van der Waals surface area (Å²) in [7, 11) is 1.25. The van der Waals surface area contributed by atoms with Crippen molar-refractivity contribution in [1.29, 1.82) is 0 Å². The van der Waals surface area contributed by atoms with E-state index in [-0.39, 0.29) is 37.1 Å². The van der Waals surface area contributed by atoms with E-state index in [0.717, 1.165) is 0 Å². The normalized spacial score (nSPS) is 14.8. The van der Waals surface area contributed by atoms with Gasteiger partial charge in [-0.05, 0) is 63.4 Å². The van der Waals surface area contributed by atoms with Crippen LogP contribution in [0.15, 0.2) is 0 Å². The highest BCUT2D eigenvalue weighted by molar-refractivity contribution is 7.98. The van der Waals surface area contributed by atoms with Crippen molar-refractivity contribution in [3.8, 4) is 0 Å². The van der Waals surface area contributed by atoms with Gasteiger partial charge in [-0.1, -0.05) is 41.5 Å². The largest absolute Gasteiger partial charge is 0.469 e. The first-order chi connectivity index (χ1) is 21.7. The van der Waals surface area contributed by atoms with E-state index in [2.05, 4.69) is 31.3 Å². The molecule has 0 aromatic rings. The summed E-state index contributed by atoms with van der Waals surface area (Å²) in [6, 6.07) is -3.71. The van der Waals surface area contributed by atoms with Crippen LogP contribution >= 0.6 is 11.8 Å². The van der Waals surface area contributed by atoms with Crippen LogP contribution in [0.25, 0.3) is 0 Å². The molecule has 5 amide bonds. The molecule has 0 aliphatic carbocycles. The highest BCUT2D eigenvalue weighted by atomic mass is 32.2. The summed E-state index contributed by atoms with van der Waals surface area (Å²) in [5, 5.41) is 24.5. The molecule has 0 saturated heterocycles. The number of carbonyl (C=O) groups is 6. The Morgan fingerprint density at radius 3 is 1.87 bits per heavy atom. The first kappa shape index (κ1) is 43.9.